The van der Waals surface area contributed by atoms with E-state index in [-0.39, 0.29) is 12.1 Å². The molecule has 1 aromatic carbocycles. The summed E-state index contributed by atoms with van der Waals surface area (Å²) in [6.07, 6.45) is 3.44. The monoisotopic (exact) mass is 377 g/mol. The zero-order valence-corrected chi connectivity index (χ0v) is 15.9. The predicted molar refractivity (Wildman–Crippen MR) is 108 cm³/mol. The number of morpholine rings is 1. The van der Waals surface area contributed by atoms with E-state index < -0.39 is 0 Å². The first kappa shape index (κ1) is 18.3. The van der Waals surface area contributed by atoms with Gasteiger partial charge in [0.1, 0.15) is 11.9 Å². The number of anilines is 3. The molecule has 4 rings (SSSR count). The van der Waals surface area contributed by atoms with Gasteiger partial charge in [-0.15, -0.1) is 0 Å². The molecule has 8 heteroatoms. The molecular formula is C20H23N7O. The number of hydrogen-bond donors (Lipinski definition) is 3. The summed E-state index contributed by atoms with van der Waals surface area (Å²) >= 11 is 0. The highest BCUT2D eigenvalue weighted by Gasteiger charge is 2.19. The SMILES string of the molecule is Cc1cnc(C2CNCCO2)nc1Nc1ccc(-c2nc(N)ncc2C)cc1. The molecule has 1 atom stereocenters. The van der Waals surface area contributed by atoms with Crippen LogP contribution in [0.4, 0.5) is 17.5 Å². The molecule has 1 unspecified atom stereocenters. The summed E-state index contributed by atoms with van der Waals surface area (Å²) in [5, 5.41) is 6.67. The molecule has 8 nitrogen and oxygen atoms in total. The predicted octanol–water partition coefficient (Wildman–Crippen LogP) is 2.54. The quantitative estimate of drug-likeness (QED) is 0.636. The Bertz CT molecular complexity index is 969. The van der Waals surface area contributed by atoms with Crippen LogP contribution in [0.3, 0.4) is 0 Å². The number of ether oxygens (including phenoxy) is 1. The molecule has 28 heavy (non-hydrogen) atoms. The molecule has 0 bridgehead atoms. The van der Waals surface area contributed by atoms with E-state index in [1.165, 1.54) is 0 Å². The fraction of sp³-hybridized carbons (Fsp3) is 0.300. The summed E-state index contributed by atoms with van der Waals surface area (Å²) in [6, 6.07) is 7.99. The molecule has 0 aliphatic carbocycles. The number of nitrogens with two attached hydrogens (primary N) is 1. The number of benzene rings is 1. The van der Waals surface area contributed by atoms with Gasteiger partial charge < -0.3 is 21.1 Å². The summed E-state index contributed by atoms with van der Waals surface area (Å²) in [5.74, 6) is 1.73. The second kappa shape index (κ2) is 7.87. The maximum Gasteiger partial charge on any atom is 0.220 e. The van der Waals surface area contributed by atoms with Crippen LogP contribution in [0, 0.1) is 13.8 Å². The van der Waals surface area contributed by atoms with Gasteiger partial charge in [-0.2, -0.15) is 0 Å². The van der Waals surface area contributed by atoms with E-state index in [2.05, 4.69) is 30.6 Å². The average molecular weight is 377 g/mol. The van der Waals surface area contributed by atoms with Crippen molar-refractivity contribution in [3.05, 3.63) is 53.6 Å². The minimum atomic E-state index is -0.122. The van der Waals surface area contributed by atoms with Crippen LogP contribution < -0.4 is 16.4 Å². The molecule has 1 fully saturated rings. The molecule has 1 saturated heterocycles. The molecule has 3 aromatic rings. The van der Waals surface area contributed by atoms with E-state index in [0.29, 0.717) is 12.4 Å². The van der Waals surface area contributed by atoms with Crippen LogP contribution in [0.15, 0.2) is 36.7 Å². The number of hydrogen-bond acceptors (Lipinski definition) is 8. The van der Waals surface area contributed by atoms with Crippen LogP contribution in [0.25, 0.3) is 11.3 Å². The molecule has 0 amide bonds. The molecule has 2 aromatic heterocycles. The molecule has 0 radical (unpaired) electrons. The topological polar surface area (TPSA) is 111 Å². The highest BCUT2D eigenvalue weighted by atomic mass is 16.5. The van der Waals surface area contributed by atoms with Crippen LogP contribution in [0.5, 0.6) is 0 Å². The molecule has 3 heterocycles. The first-order valence-electron chi connectivity index (χ1n) is 9.22. The number of rotatable bonds is 4. The van der Waals surface area contributed by atoms with E-state index in [0.717, 1.165) is 47.0 Å². The Labute approximate surface area is 163 Å². The van der Waals surface area contributed by atoms with Crippen molar-refractivity contribution in [3.63, 3.8) is 0 Å². The number of aryl methyl sites for hydroxylation is 2. The lowest BCUT2D eigenvalue weighted by molar-refractivity contribution is 0.0222. The standard InChI is InChI=1S/C20H23N7O/c1-12-9-24-20(21)26-17(12)14-3-5-15(6-4-14)25-18-13(2)10-23-19(27-18)16-11-22-7-8-28-16/h3-6,9-10,16,22H,7-8,11H2,1-2H3,(H2,21,24,26)(H,23,25,27). The molecular weight excluding hydrogens is 354 g/mol. The van der Waals surface area contributed by atoms with Crippen molar-refractivity contribution in [1.29, 1.82) is 0 Å². The number of nitrogen functional groups attached to an aromatic ring is 1. The lowest BCUT2D eigenvalue weighted by Crippen LogP contribution is -2.34. The Hall–Kier alpha value is -3.10. The van der Waals surface area contributed by atoms with Crippen LogP contribution in [-0.2, 0) is 4.74 Å². The van der Waals surface area contributed by atoms with Crippen molar-refractivity contribution in [1.82, 2.24) is 25.3 Å². The van der Waals surface area contributed by atoms with Crippen LogP contribution in [0.2, 0.25) is 0 Å². The molecule has 0 spiro atoms. The maximum atomic E-state index is 5.76. The molecule has 1 aliphatic heterocycles. The van der Waals surface area contributed by atoms with E-state index in [4.69, 9.17) is 10.5 Å². The lowest BCUT2D eigenvalue weighted by atomic mass is 10.1. The van der Waals surface area contributed by atoms with Gasteiger partial charge in [0.15, 0.2) is 5.82 Å². The van der Waals surface area contributed by atoms with Crippen LogP contribution in [-0.4, -0.2) is 39.6 Å². The largest absolute Gasteiger partial charge is 0.368 e. The van der Waals surface area contributed by atoms with Gasteiger partial charge >= 0.3 is 0 Å². The normalized spacial score (nSPS) is 16.7. The van der Waals surface area contributed by atoms with Crippen LogP contribution in [0.1, 0.15) is 23.1 Å². The summed E-state index contributed by atoms with van der Waals surface area (Å²) in [7, 11) is 0. The minimum absolute atomic E-state index is 0.122. The van der Waals surface area contributed by atoms with Gasteiger partial charge in [-0.05, 0) is 31.5 Å². The van der Waals surface area contributed by atoms with E-state index >= 15 is 0 Å². The Kier molecular flexibility index (Phi) is 5.14. The third-order valence-electron chi connectivity index (χ3n) is 4.62. The number of nitrogens with one attached hydrogen (secondary N) is 2. The van der Waals surface area contributed by atoms with Gasteiger partial charge in [-0.1, -0.05) is 12.1 Å². The van der Waals surface area contributed by atoms with Crippen molar-refractivity contribution >= 4 is 17.5 Å². The second-order valence-corrected chi connectivity index (χ2v) is 6.79. The lowest BCUT2D eigenvalue weighted by Gasteiger charge is -2.23. The van der Waals surface area contributed by atoms with E-state index in [1.54, 1.807) is 6.20 Å². The zero-order valence-electron chi connectivity index (χ0n) is 15.9. The highest BCUT2D eigenvalue weighted by Crippen LogP contribution is 2.26. The van der Waals surface area contributed by atoms with Gasteiger partial charge in [-0.3, -0.25) is 0 Å². The summed E-state index contributed by atoms with van der Waals surface area (Å²) in [5.41, 5.74) is 10.4. The van der Waals surface area contributed by atoms with Crippen LogP contribution >= 0.6 is 0 Å². The number of aromatic nitrogens is 4. The minimum Gasteiger partial charge on any atom is -0.368 e. The number of nitrogens with zero attached hydrogens (tertiary/aromatic N) is 4. The third kappa shape index (κ3) is 3.92. The van der Waals surface area contributed by atoms with Crippen molar-refractivity contribution in [2.75, 3.05) is 30.7 Å². The Balaban J connectivity index is 1.55. The maximum absolute atomic E-state index is 5.76. The van der Waals surface area contributed by atoms with Crippen molar-refractivity contribution in [3.8, 4) is 11.3 Å². The second-order valence-electron chi connectivity index (χ2n) is 6.79. The fourth-order valence-corrected chi connectivity index (χ4v) is 3.06. The van der Waals surface area contributed by atoms with E-state index in [1.807, 2.05) is 44.3 Å². The molecule has 1 aliphatic rings. The van der Waals surface area contributed by atoms with Gasteiger partial charge in [-0.25, -0.2) is 19.9 Å². The third-order valence-corrected chi connectivity index (χ3v) is 4.62. The van der Waals surface area contributed by atoms with E-state index in [9.17, 15) is 0 Å². The molecule has 4 N–H and O–H groups in total. The Morgan fingerprint density at radius 3 is 2.61 bits per heavy atom. The molecule has 144 valence electrons. The Morgan fingerprint density at radius 1 is 1.07 bits per heavy atom. The van der Waals surface area contributed by atoms with Gasteiger partial charge in [0.05, 0.1) is 12.3 Å². The van der Waals surface area contributed by atoms with Crippen molar-refractivity contribution < 1.29 is 4.74 Å². The summed E-state index contributed by atoms with van der Waals surface area (Å²) in [4.78, 5) is 17.5. The fourth-order valence-electron chi connectivity index (χ4n) is 3.06. The van der Waals surface area contributed by atoms with Gasteiger partial charge in [0, 0.05) is 42.3 Å². The molecule has 0 saturated carbocycles. The first-order valence-corrected chi connectivity index (χ1v) is 9.22. The Morgan fingerprint density at radius 2 is 1.86 bits per heavy atom. The van der Waals surface area contributed by atoms with Gasteiger partial charge in [0.2, 0.25) is 5.95 Å². The van der Waals surface area contributed by atoms with Crippen molar-refractivity contribution in [2.45, 2.75) is 20.0 Å². The average Bonchev–Trinajstić information content (AvgIpc) is 2.73. The zero-order chi connectivity index (χ0) is 19.5. The smallest absolute Gasteiger partial charge is 0.220 e. The highest BCUT2D eigenvalue weighted by molar-refractivity contribution is 5.68. The van der Waals surface area contributed by atoms with Crippen molar-refractivity contribution in [2.24, 2.45) is 0 Å². The summed E-state index contributed by atoms with van der Waals surface area (Å²) < 4.78 is 5.76. The van der Waals surface area contributed by atoms with Gasteiger partial charge in [0.25, 0.3) is 0 Å². The first-order chi connectivity index (χ1) is 13.6. The summed E-state index contributed by atoms with van der Waals surface area (Å²) in [6.45, 7) is 6.19.